The molecule has 2 aliphatic carbocycles. The Bertz CT molecular complexity index is 412. The minimum atomic E-state index is 0.590. The normalized spacial score (nSPS) is 23.5. The highest BCUT2D eigenvalue weighted by Crippen LogP contribution is 2.42. The lowest BCUT2D eigenvalue weighted by Crippen LogP contribution is -2.38. The minimum absolute atomic E-state index is 0.590. The van der Waals surface area contributed by atoms with Crippen LogP contribution in [0.5, 0.6) is 0 Å². The van der Waals surface area contributed by atoms with E-state index in [4.69, 9.17) is 0 Å². The van der Waals surface area contributed by atoms with Crippen molar-refractivity contribution in [2.75, 3.05) is 0 Å². The molecule has 0 amide bonds. The van der Waals surface area contributed by atoms with Gasteiger partial charge in [-0.2, -0.15) is 0 Å². The molecule has 2 fully saturated rings. The van der Waals surface area contributed by atoms with Gasteiger partial charge >= 0.3 is 0 Å². The van der Waals surface area contributed by atoms with Gasteiger partial charge in [0.05, 0.1) is 0 Å². The van der Waals surface area contributed by atoms with Crippen LogP contribution < -0.4 is 5.32 Å². The van der Waals surface area contributed by atoms with E-state index in [1.54, 1.807) is 0 Å². The smallest absolute Gasteiger partial charge is 0.0351 e. The van der Waals surface area contributed by atoms with E-state index in [0.717, 1.165) is 11.8 Å². The van der Waals surface area contributed by atoms with Crippen LogP contribution in [0.4, 0.5) is 0 Å². The lowest BCUT2D eigenvalue weighted by molar-refractivity contribution is 0.257. The summed E-state index contributed by atoms with van der Waals surface area (Å²) in [6, 6.07) is 10.4. The van der Waals surface area contributed by atoms with Crippen LogP contribution >= 0.6 is 0 Å². The molecule has 0 bridgehead atoms. The van der Waals surface area contributed by atoms with Crippen molar-refractivity contribution < 1.29 is 0 Å². The molecule has 2 saturated carbocycles. The third kappa shape index (κ3) is 3.44. The van der Waals surface area contributed by atoms with Crippen molar-refractivity contribution in [1.82, 2.24) is 5.32 Å². The molecule has 0 saturated heterocycles. The second-order valence-corrected chi connectivity index (χ2v) is 7.08. The Morgan fingerprint density at radius 1 is 0.900 bits per heavy atom. The SMILES string of the molecule is Cc1ccc(C(N[C@@H](C)C2CCCCC2)C2CC2)cc1. The molecule has 0 radical (unpaired) electrons. The Hall–Kier alpha value is -0.820. The Labute approximate surface area is 124 Å². The van der Waals surface area contributed by atoms with Crippen molar-refractivity contribution in [1.29, 1.82) is 0 Å². The molecule has 1 aromatic rings. The summed E-state index contributed by atoms with van der Waals surface area (Å²) < 4.78 is 0. The first-order valence-electron chi connectivity index (χ1n) is 8.56. The zero-order valence-corrected chi connectivity index (χ0v) is 13.1. The molecule has 2 aliphatic rings. The Balaban J connectivity index is 1.66. The minimum Gasteiger partial charge on any atom is -0.307 e. The van der Waals surface area contributed by atoms with Crippen LogP contribution in [0.25, 0.3) is 0 Å². The first kappa shape index (κ1) is 14.1. The summed E-state index contributed by atoms with van der Waals surface area (Å²) in [6.07, 6.45) is 10.0. The summed E-state index contributed by atoms with van der Waals surface area (Å²) in [7, 11) is 0. The van der Waals surface area contributed by atoms with Gasteiger partial charge in [-0.3, -0.25) is 0 Å². The Morgan fingerprint density at radius 2 is 1.55 bits per heavy atom. The molecule has 0 heterocycles. The van der Waals surface area contributed by atoms with Crippen LogP contribution in [0, 0.1) is 18.8 Å². The van der Waals surface area contributed by atoms with Crippen molar-refractivity contribution in [2.24, 2.45) is 11.8 Å². The maximum atomic E-state index is 3.98. The summed E-state index contributed by atoms with van der Waals surface area (Å²) in [5, 5.41) is 3.98. The van der Waals surface area contributed by atoms with E-state index in [0.29, 0.717) is 12.1 Å². The highest BCUT2D eigenvalue weighted by molar-refractivity contribution is 5.25. The molecule has 0 spiro atoms. The number of rotatable bonds is 5. The molecule has 1 unspecified atom stereocenters. The molecule has 0 aliphatic heterocycles. The highest BCUT2D eigenvalue weighted by atomic mass is 15.0. The number of aryl methyl sites for hydroxylation is 1. The number of hydrogen-bond acceptors (Lipinski definition) is 1. The van der Waals surface area contributed by atoms with Gasteiger partial charge < -0.3 is 5.32 Å². The van der Waals surface area contributed by atoms with E-state index in [9.17, 15) is 0 Å². The summed E-state index contributed by atoms with van der Waals surface area (Å²) >= 11 is 0. The van der Waals surface area contributed by atoms with Gasteiger partial charge in [0.2, 0.25) is 0 Å². The fraction of sp³-hybridized carbons (Fsp3) is 0.684. The Kier molecular flexibility index (Phi) is 4.45. The molecule has 110 valence electrons. The van der Waals surface area contributed by atoms with Gasteiger partial charge in [0.15, 0.2) is 0 Å². The van der Waals surface area contributed by atoms with Gasteiger partial charge in [0.1, 0.15) is 0 Å². The quantitative estimate of drug-likeness (QED) is 0.794. The first-order valence-corrected chi connectivity index (χ1v) is 8.56. The van der Waals surface area contributed by atoms with Crippen molar-refractivity contribution in [3.8, 4) is 0 Å². The second-order valence-electron chi connectivity index (χ2n) is 7.08. The van der Waals surface area contributed by atoms with Gasteiger partial charge in [-0.25, -0.2) is 0 Å². The lowest BCUT2D eigenvalue weighted by Gasteiger charge is -2.32. The van der Waals surface area contributed by atoms with E-state index in [-0.39, 0.29) is 0 Å². The third-order valence-corrected chi connectivity index (χ3v) is 5.33. The standard InChI is InChI=1S/C19H29N/c1-14-8-10-17(11-9-14)19(18-12-13-18)20-15(2)16-6-4-3-5-7-16/h8-11,15-16,18-20H,3-7,12-13H2,1-2H3/t15-,19?/m0/s1. The first-order chi connectivity index (χ1) is 9.74. The monoisotopic (exact) mass is 271 g/mol. The average Bonchev–Trinajstić information content (AvgIpc) is 3.31. The van der Waals surface area contributed by atoms with Crippen LogP contribution in [0.3, 0.4) is 0 Å². The highest BCUT2D eigenvalue weighted by Gasteiger charge is 2.34. The van der Waals surface area contributed by atoms with E-state index in [1.807, 2.05) is 0 Å². The molecule has 1 heteroatoms. The summed E-state index contributed by atoms with van der Waals surface area (Å²) in [5.41, 5.74) is 2.87. The summed E-state index contributed by atoms with van der Waals surface area (Å²) in [5.74, 6) is 1.78. The zero-order valence-electron chi connectivity index (χ0n) is 13.1. The maximum Gasteiger partial charge on any atom is 0.0351 e. The lowest BCUT2D eigenvalue weighted by atomic mass is 9.84. The van der Waals surface area contributed by atoms with Crippen LogP contribution in [0.2, 0.25) is 0 Å². The molecule has 2 atom stereocenters. The summed E-state index contributed by atoms with van der Waals surface area (Å²) in [4.78, 5) is 0. The number of nitrogens with one attached hydrogen (secondary N) is 1. The summed E-state index contributed by atoms with van der Waals surface area (Å²) in [6.45, 7) is 4.59. The Morgan fingerprint density at radius 3 is 2.15 bits per heavy atom. The molecular weight excluding hydrogens is 242 g/mol. The zero-order chi connectivity index (χ0) is 13.9. The molecule has 20 heavy (non-hydrogen) atoms. The van der Waals surface area contributed by atoms with Crippen molar-refractivity contribution in [2.45, 2.75) is 70.9 Å². The predicted molar refractivity (Wildman–Crippen MR) is 85.8 cm³/mol. The van der Waals surface area contributed by atoms with E-state index in [1.165, 1.54) is 56.1 Å². The van der Waals surface area contributed by atoms with Crippen LogP contribution in [0.15, 0.2) is 24.3 Å². The molecular formula is C19H29N. The molecule has 1 N–H and O–H groups in total. The van der Waals surface area contributed by atoms with Gasteiger partial charge in [-0.15, -0.1) is 0 Å². The second kappa shape index (κ2) is 6.30. The van der Waals surface area contributed by atoms with Crippen LogP contribution in [-0.4, -0.2) is 6.04 Å². The molecule has 1 aromatic carbocycles. The third-order valence-electron chi connectivity index (χ3n) is 5.33. The predicted octanol–water partition coefficient (Wildman–Crippen LogP) is 5.00. The van der Waals surface area contributed by atoms with Gasteiger partial charge in [0.25, 0.3) is 0 Å². The molecule has 1 nitrogen and oxygen atoms in total. The fourth-order valence-electron chi connectivity index (χ4n) is 3.76. The van der Waals surface area contributed by atoms with Gasteiger partial charge in [0, 0.05) is 12.1 Å². The number of hydrogen-bond donors (Lipinski definition) is 1. The van der Waals surface area contributed by atoms with E-state index < -0.39 is 0 Å². The van der Waals surface area contributed by atoms with Crippen molar-refractivity contribution in [3.05, 3.63) is 35.4 Å². The van der Waals surface area contributed by atoms with Gasteiger partial charge in [-0.1, -0.05) is 49.1 Å². The average molecular weight is 271 g/mol. The fourth-order valence-corrected chi connectivity index (χ4v) is 3.76. The topological polar surface area (TPSA) is 12.0 Å². The van der Waals surface area contributed by atoms with Crippen molar-refractivity contribution in [3.63, 3.8) is 0 Å². The van der Waals surface area contributed by atoms with Crippen molar-refractivity contribution >= 4 is 0 Å². The molecule has 3 rings (SSSR count). The number of benzene rings is 1. The van der Waals surface area contributed by atoms with Crippen LogP contribution in [0.1, 0.15) is 69.0 Å². The van der Waals surface area contributed by atoms with E-state index in [2.05, 4.69) is 43.4 Å². The van der Waals surface area contributed by atoms with Crippen LogP contribution in [-0.2, 0) is 0 Å². The van der Waals surface area contributed by atoms with E-state index >= 15 is 0 Å². The van der Waals surface area contributed by atoms with Gasteiger partial charge in [-0.05, 0) is 56.9 Å². The largest absolute Gasteiger partial charge is 0.307 e. The molecule has 0 aromatic heterocycles. The maximum absolute atomic E-state index is 3.98.